The minimum atomic E-state index is -1.16. The normalized spacial score (nSPS) is 12.1. The Kier molecular flexibility index (Phi) is 5.18. The maximum absolute atomic E-state index is 13.6. The third-order valence-electron chi connectivity index (χ3n) is 4.98. The van der Waals surface area contributed by atoms with Gasteiger partial charge in [0, 0.05) is 18.0 Å². The predicted octanol–water partition coefficient (Wildman–Crippen LogP) is 4.01. The third kappa shape index (κ3) is 3.61. The highest BCUT2D eigenvalue weighted by Crippen LogP contribution is 2.30. The first-order valence-corrected chi connectivity index (χ1v) is 9.31. The first-order chi connectivity index (χ1) is 14.5. The summed E-state index contributed by atoms with van der Waals surface area (Å²) in [6.07, 6.45) is 1.47. The van der Waals surface area contributed by atoms with E-state index in [0.29, 0.717) is 11.1 Å². The Morgan fingerprint density at radius 1 is 1.03 bits per heavy atom. The number of nitrogens with one attached hydrogen (secondary N) is 2. The van der Waals surface area contributed by atoms with Crippen molar-refractivity contribution in [3.05, 3.63) is 83.6 Å². The van der Waals surface area contributed by atoms with Gasteiger partial charge in [-0.1, -0.05) is 36.4 Å². The Bertz CT molecular complexity index is 1270. The second kappa shape index (κ2) is 7.94. The van der Waals surface area contributed by atoms with Crippen LogP contribution in [0.3, 0.4) is 0 Å². The molecule has 152 valence electrons. The molecule has 4 aromatic rings. The highest BCUT2D eigenvalue weighted by atomic mass is 19.2. The number of hydrogen-bond donors (Lipinski definition) is 2. The van der Waals surface area contributed by atoms with E-state index in [4.69, 9.17) is 4.42 Å². The van der Waals surface area contributed by atoms with Crippen molar-refractivity contribution in [2.75, 3.05) is 7.05 Å². The Morgan fingerprint density at radius 3 is 2.60 bits per heavy atom. The van der Waals surface area contributed by atoms with Crippen LogP contribution in [-0.2, 0) is 16.0 Å². The molecule has 2 amide bonds. The van der Waals surface area contributed by atoms with Crippen LogP contribution in [0.25, 0.3) is 21.7 Å². The molecule has 1 atom stereocenters. The molecule has 1 heterocycles. The largest absolute Gasteiger partial charge is 0.464 e. The van der Waals surface area contributed by atoms with Crippen LogP contribution in [0.15, 0.2) is 65.3 Å². The van der Waals surface area contributed by atoms with Crippen molar-refractivity contribution in [1.82, 2.24) is 10.6 Å². The van der Waals surface area contributed by atoms with E-state index in [1.165, 1.54) is 19.4 Å². The molecule has 0 aliphatic carbocycles. The summed E-state index contributed by atoms with van der Waals surface area (Å²) in [7, 11) is 1.40. The van der Waals surface area contributed by atoms with E-state index in [2.05, 4.69) is 10.6 Å². The van der Waals surface area contributed by atoms with Crippen LogP contribution in [0.4, 0.5) is 8.78 Å². The molecule has 0 saturated heterocycles. The SMILES string of the molecule is CNC(=O)C(NC(=O)Cc1coc2ccc3ccccc3c12)c1ccc(F)c(F)c1. The zero-order valence-electron chi connectivity index (χ0n) is 16.0. The summed E-state index contributed by atoms with van der Waals surface area (Å²) in [4.78, 5) is 25.0. The van der Waals surface area contributed by atoms with E-state index in [1.807, 2.05) is 36.4 Å². The summed E-state index contributed by atoms with van der Waals surface area (Å²) >= 11 is 0. The summed E-state index contributed by atoms with van der Waals surface area (Å²) in [5.74, 6) is -3.12. The first kappa shape index (κ1) is 19.6. The maximum atomic E-state index is 13.6. The number of furan rings is 1. The van der Waals surface area contributed by atoms with Crippen LogP contribution in [0, 0.1) is 11.6 Å². The van der Waals surface area contributed by atoms with E-state index in [-0.39, 0.29) is 12.0 Å². The number of likely N-dealkylation sites (N-methyl/N-ethyl adjacent to an activating group) is 1. The number of benzene rings is 3. The fourth-order valence-electron chi connectivity index (χ4n) is 3.53. The number of rotatable bonds is 5. The molecule has 30 heavy (non-hydrogen) atoms. The van der Waals surface area contributed by atoms with E-state index in [1.54, 1.807) is 0 Å². The molecule has 0 radical (unpaired) electrons. The predicted molar refractivity (Wildman–Crippen MR) is 109 cm³/mol. The number of fused-ring (bicyclic) bond motifs is 3. The van der Waals surface area contributed by atoms with Crippen LogP contribution in [-0.4, -0.2) is 18.9 Å². The molecule has 4 rings (SSSR count). The molecule has 1 aromatic heterocycles. The van der Waals surface area contributed by atoms with E-state index < -0.39 is 29.5 Å². The molecule has 0 saturated carbocycles. The first-order valence-electron chi connectivity index (χ1n) is 9.31. The van der Waals surface area contributed by atoms with Gasteiger partial charge in [0.25, 0.3) is 0 Å². The molecule has 0 spiro atoms. The molecule has 0 fully saturated rings. The van der Waals surface area contributed by atoms with E-state index in [0.717, 1.165) is 28.3 Å². The summed E-state index contributed by atoms with van der Waals surface area (Å²) in [6.45, 7) is 0. The van der Waals surface area contributed by atoms with Gasteiger partial charge in [0.15, 0.2) is 11.6 Å². The highest BCUT2D eigenvalue weighted by Gasteiger charge is 2.24. The minimum absolute atomic E-state index is 0.0435. The zero-order valence-corrected chi connectivity index (χ0v) is 16.0. The lowest BCUT2D eigenvalue weighted by molar-refractivity contribution is -0.128. The van der Waals surface area contributed by atoms with Crippen molar-refractivity contribution in [3.8, 4) is 0 Å². The van der Waals surface area contributed by atoms with Gasteiger partial charge in [-0.3, -0.25) is 9.59 Å². The summed E-state index contributed by atoms with van der Waals surface area (Å²) in [5.41, 5.74) is 1.46. The van der Waals surface area contributed by atoms with E-state index >= 15 is 0 Å². The van der Waals surface area contributed by atoms with Crippen LogP contribution in [0.1, 0.15) is 17.2 Å². The minimum Gasteiger partial charge on any atom is -0.464 e. The smallest absolute Gasteiger partial charge is 0.246 e. The van der Waals surface area contributed by atoms with Crippen LogP contribution in [0.5, 0.6) is 0 Å². The maximum Gasteiger partial charge on any atom is 0.246 e. The quantitative estimate of drug-likeness (QED) is 0.524. The van der Waals surface area contributed by atoms with Crippen molar-refractivity contribution >= 4 is 33.6 Å². The Hall–Kier alpha value is -3.74. The number of hydrogen-bond acceptors (Lipinski definition) is 3. The molecule has 7 heteroatoms. The van der Waals surface area contributed by atoms with Crippen molar-refractivity contribution < 1.29 is 22.8 Å². The van der Waals surface area contributed by atoms with E-state index in [9.17, 15) is 18.4 Å². The van der Waals surface area contributed by atoms with Crippen LogP contribution >= 0.6 is 0 Å². The van der Waals surface area contributed by atoms with Crippen molar-refractivity contribution in [2.45, 2.75) is 12.5 Å². The van der Waals surface area contributed by atoms with Gasteiger partial charge in [-0.2, -0.15) is 0 Å². The van der Waals surface area contributed by atoms with Gasteiger partial charge in [0.1, 0.15) is 11.6 Å². The lowest BCUT2D eigenvalue weighted by Crippen LogP contribution is -2.39. The van der Waals surface area contributed by atoms with Gasteiger partial charge in [-0.05, 0) is 34.5 Å². The Balaban J connectivity index is 1.63. The molecule has 1 unspecified atom stereocenters. The fourth-order valence-corrected chi connectivity index (χ4v) is 3.53. The molecule has 3 aromatic carbocycles. The Morgan fingerprint density at radius 2 is 1.83 bits per heavy atom. The molecule has 0 bridgehead atoms. The lowest BCUT2D eigenvalue weighted by Gasteiger charge is -2.18. The number of halogens is 2. The average Bonchev–Trinajstić information content (AvgIpc) is 3.16. The van der Waals surface area contributed by atoms with Crippen molar-refractivity contribution in [3.63, 3.8) is 0 Å². The molecule has 0 aliphatic heterocycles. The zero-order chi connectivity index (χ0) is 21.3. The summed E-state index contributed by atoms with van der Waals surface area (Å²) < 4.78 is 32.5. The lowest BCUT2D eigenvalue weighted by atomic mass is 10.0. The fraction of sp³-hybridized carbons (Fsp3) is 0.130. The van der Waals surface area contributed by atoms with Gasteiger partial charge < -0.3 is 15.1 Å². The van der Waals surface area contributed by atoms with Gasteiger partial charge in [-0.25, -0.2) is 8.78 Å². The van der Waals surface area contributed by atoms with Crippen LogP contribution < -0.4 is 10.6 Å². The molecule has 5 nitrogen and oxygen atoms in total. The monoisotopic (exact) mass is 408 g/mol. The summed E-state index contributed by atoms with van der Waals surface area (Å²) in [6, 6.07) is 13.5. The van der Waals surface area contributed by atoms with Gasteiger partial charge >= 0.3 is 0 Å². The van der Waals surface area contributed by atoms with Crippen molar-refractivity contribution in [1.29, 1.82) is 0 Å². The standard InChI is InChI=1S/C23H18F2N2O3/c1-26-23(29)22(14-6-8-17(24)18(25)10-14)27-20(28)11-15-12-30-19-9-7-13-4-2-3-5-16(13)21(15)19/h2-10,12,22H,11H2,1H3,(H,26,29)(H,27,28). The number of carbonyl (C=O) groups is 2. The number of carbonyl (C=O) groups excluding carboxylic acids is 2. The van der Waals surface area contributed by atoms with Crippen molar-refractivity contribution in [2.24, 2.45) is 0 Å². The molecule has 0 aliphatic rings. The summed E-state index contributed by atoms with van der Waals surface area (Å²) in [5, 5.41) is 7.82. The highest BCUT2D eigenvalue weighted by molar-refractivity contribution is 6.08. The second-order valence-electron chi connectivity index (χ2n) is 6.89. The topological polar surface area (TPSA) is 71.3 Å². The molecular weight excluding hydrogens is 390 g/mol. The second-order valence-corrected chi connectivity index (χ2v) is 6.89. The van der Waals surface area contributed by atoms with Gasteiger partial charge in [-0.15, -0.1) is 0 Å². The van der Waals surface area contributed by atoms with Crippen LogP contribution in [0.2, 0.25) is 0 Å². The molecule has 2 N–H and O–H groups in total. The Labute approximate surface area is 170 Å². The average molecular weight is 408 g/mol. The van der Waals surface area contributed by atoms with Gasteiger partial charge in [0.05, 0.1) is 12.7 Å². The van der Waals surface area contributed by atoms with Gasteiger partial charge in [0.2, 0.25) is 11.8 Å². The number of amides is 2. The molecular formula is C23H18F2N2O3. The third-order valence-corrected chi connectivity index (χ3v) is 4.98.